The van der Waals surface area contributed by atoms with Gasteiger partial charge in [-0.3, -0.25) is 4.79 Å². The zero-order valence-electron chi connectivity index (χ0n) is 20.6. The molecule has 184 valence electrons. The Hall–Kier alpha value is -3.75. The number of benzene rings is 1. The third kappa shape index (κ3) is 5.85. The number of esters is 1. The van der Waals surface area contributed by atoms with Crippen molar-refractivity contribution in [3.8, 4) is 5.82 Å². The van der Waals surface area contributed by atoms with Gasteiger partial charge >= 0.3 is 5.97 Å². The number of amides is 1. The van der Waals surface area contributed by atoms with Crippen LogP contribution in [0.3, 0.4) is 0 Å². The van der Waals surface area contributed by atoms with Crippen molar-refractivity contribution in [1.29, 1.82) is 0 Å². The number of aryl methyl sites for hydroxylation is 1. The first-order valence-electron chi connectivity index (χ1n) is 12.2. The first kappa shape index (κ1) is 24.4. The summed E-state index contributed by atoms with van der Waals surface area (Å²) in [7, 11) is 0. The maximum atomic E-state index is 12.5. The Morgan fingerprint density at radius 2 is 1.66 bits per heavy atom. The molecule has 9 nitrogen and oxygen atoms in total. The van der Waals surface area contributed by atoms with E-state index in [1.54, 1.807) is 35.9 Å². The number of nitrogens with zero attached hydrogens (tertiary/aromatic N) is 5. The van der Waals surface area contributed by atoms with Crippen LogP contribution >= 0.6 is 0 Å². The van der Waals surface area contributed by atoms with E-state index in [0.717, 1.165) is 35.9 Å². The molecule has 1 amide bonds. The number of carbonyl (C=O) groups is 2. The van der Waals surface area contributed by atoms with Crippen LogP contribution in [0.15, 0.2) is 36.4 Å². The number of anilines is 2. The largest absolute Gasteiger partial charge is 0.462 e. The maximum absolute atomic E-state index is 12.5. The summed E-state index contributed by atoms with van der Waals surface area (Å²) in [4.78, 5) is 26.6. The quantitative estimate of drug-likeness (QED) is 0.490. The number of hydrogen-bond acceptors (Lipinski definition) is 7. The zero-order chi connectivity index (χ0) is 24.8. The minimum atomic E-state index is -0.376. The van der Waals surface area contributed by atoms with Gasteiger partial charge in [-0.25, -0.2) is 9.48 Å². The van der Waals surface area contributed by atoms with Crippen molar-refractivity contribution in [3.63, 3.8) is 0 Å². The van der Waals surface area contributed by atoms with E-state index in [4.69, 9.17) is 4.74 Å². The second-order valence-electron chi connectivity index (χ2n) is 8.70. The predicted octanol–water partition coefficient (Wildman–Crippen LogP) is 4.02. The van der Waals surface area contributed by atoms with Crippen LogP contribution in [0.1, 0.15) is 59.9 Å². The lowest BCUT2D eigenvalue weighted by atomic mass is 10.1. The van der Waals surface area contributed by atoms with Crippen molar-refractivity contribution in [2.75, 3.05) is 29.9 Å². The van der Waals surface area contributed by atoms with E-state index in [-0.39, 0.29) is 11.9 Å². The summed E-state index contributed by atoms with van der Waals surface area (Å²) in [5.41, 5.74) is 3.94. The summed E-state index contributed by atoms with van der Waals surface area (Å²) >= 11 is 0. The first-order chi connectivity index (χ1) is 17.0. The van der Waals surface area contributed by atoms with Crippen molar-refractivity contribution in [2.24, 2.45) is 0 Å². The summed E-state index contributed by atoms with van der Waals surface area (Å²) in [5.74, 6) is 1.09. The molecule has 3 heterocycles. The standard InChI is InChI=1S/C26H32N6O3/c1-4-35-26(34)20-8-10-21(11-9-20)27-25(33)15-12-22-18(2)30-32(19(22)3)24-14-13-23(28-29-24)31-16-6-5-7-17-31/h8-11,13-14H,4-7,12,15-17H2,1-3H3,(H,27,33). The van der Waals surface area contributed by atoms with Gasteiger partial charge in [-0.15, -0.1) is 10.2 Å². The Balaban J connectivity index is 1.37. The second kappa shape index (κ2) is 11.1. The third-order valence-corrected chi connectivity index (χ3v) is 6.26. The molecular formula is C26H32N6O3. The van der Waals surface area contributed by atoms with Crippen LogP contribution in [0, 0.1) is 13.8 Å². The lowest BCUT2D eigenvalue weighted by molar-refractivity contribution is -0.116. The van der Waals surface area contributed by atoms with Gasteiger partial charge in [0.15, 0.2) is 11.6 Å². The summed E-state index contributed by atoms with van der Waals surface area (Å²) in [6.45, 7) is 8.07. The van der Waals surface area contributed by atoms with E-state index in [1.807, 2.05) is 26.0 Å². The molecule has 4 rings (SSSR count). The molecule has 1 saturated heterocycles. The molecule has 35 heavy (non-hydrogen) atoms. The fourth-order valence-corrected chi connectivity index (χ4v) is 4.35. The summed E-state index contributed by atoms with van der Waals surface area (Å²) in [5, 5.41) is 16.4. The summed E-state index contributed by atoms with van der Waals surface area (Å²) in [6, 6.07) is 10.6. The normalized spacial score (nSPS) is 13.5. The van der Waals surface area contributed by atoms with E-state index in [9.17, 15) is 9.59 Å². The zero-order valence-corrected chi connectivity index (χ0v) is 20.6. The number of piperidine rings is 1. The molecule has 0 saturated carbocycles. The molecule has 3 aromatic rings. The molecule has 2 aromatic heterocycles. The SMILES string of the molecule is CCOC(=O)c1ccc(NC(=O)CCc2c(C)nn(-c3ccc(N4CCCCC4)nn3)c2C)cc1. The van der Waals surface area contributed by atoms with Gasteiger partial charge in [-0.05, 0) is 88.4 Å². The Labute approximate surface area is 205 Å². The minimum absolute atomic E-state index is 0.105. The fourth-order valence-electron chi connectivity index (χ4n) is 4.35. The van der Waals surface area contributed by atoms with Gasteiger partial charge in [-0.2, -0.15) is 5.10 Å². The van der Waals surface area contributed by atoms with Gasteiger partial charge in [-0.1, -0.05) is 0 Å². The van der Waals surface area contributed by atoms with Crippen LogP contribution in [-0.4, -0.2) is 51.6 Å². The Morgan fingerprint density at radius 1 is 0.971 bits per heavy atom. The second-order valence-corrected chi connectivity index (χ2v) is 8.70. The third-order valence-electron chi connectivity index (χ3n) is 6.26. The van der Waals surface area contributed by atoms with Crippen molar-refractivity contribution >= 4 is 23.4 Å². The van der Waals surface area contributed by atoms with Gasteiger partial charge in [0.25, 0.3) is 0 Å². The highest BCUT2D eigenvalue weighted by atomic mass is 16.5. The summed E-state index contributed by atoms with van der Waals surface area (Å²) in [6.07, 6.45) is 4.53. The number of aromatic nitrogens is 4. The number of ether oxygens (including phenoxy) is 1. The van der Waals surface area contributed by atoms with Crippen molar-refractivity contribution in [3.05, 3.63) is 58.9 Å². The van der Waals surface area contributed by atoms with Crippen LogP contribution in [0.5, 0.6) is 0 Å². The van der Waals surface area contributed by atoms with E-state index in [1.165, 1.54) is 19.3 Å². The molecule has 0 unspecified atom stereocenters. The van der Waals surface area contributed by atoms with Crippen LogP contribution in [0.4, 0.5) is 11.5 Å². The Morgan fingerprint density at radius 3 is 2.31 bits per heavy atom. The number of carbonyl (C=O) groups excluding carboxylic acids is 2. The number of rotatable bonds is 8. The monoisotopic (exact) mass is 476 g/mol. The lowest BCUT2D eigenvalue weighted by Crippen LogP contribution is -2.30. The van der Waals surface area contributed by atoms with Crippen LogP contribution in [0.25, 0.3) is 5.82 Å². The molecule has 1 N–H and O–H groups in total. The van der Waals surface area contributed by atoms with E-state index < -0.39 is 0 Å². The van der Waals surface area contributed by atoms with Gasteiger partial charge in [0.1, 0.15) is 0 Å². The van der Waals surface area contributed by atoms with Crippen LogP contribution in [-0.2, 0) is 16.0 Å². The molecule has 1 aromatic carbocycles. The van der Waals surface area contributed by atoms with Gasteiger partial charge < -0.3 is 15.0 Å². The van der Waals surface area contributed by atoms with Crippen molar-refractivity contribution in [1.82, 2.24) is 20.0 Å². The highest BCUT2D eigenvalue weighted by Crippen LogP contribution is 2.21. The average Bonchev–Trinajstić information content (AvgIpc) is 3.17. The highest BCUT2D eigenvalue weighted by molar-refractivity contribution is 5.93. The van der Waals surface area contributed by atoms with Crippen LogP contribution in [0.2, 0.25) is 0 Å². The molecule has 1 aliphatic heterocycles. The molecule has 0 atom stereocenters. The number of nitrogens with one attached hydrogen (secondary N) is 1. The summed E-state index contributed by atoms with van der Waals surface area (Å²) < 4.78 is 6.78. The molecular weight excluding hydrogens is 444 g/mol. The molecule has 0 aliphatic carbocycles. The number of hydrogen-bond donors (Lipinski definition) is 1. The highest BCUT2D eigenvalue weighted by Gasteiger charge is 2.17. The van der Waals surface area contributed by atoms with Gasteiger partial charge in [0.2, 0.25) is 5.91 Å². The fraction of sp³-hybridized carbons (Fsp3) is 0.423. The lowest BCUT2D eigenvalue weighted by Gasteiger charge is -2.27. The van der Waals surface area contributed by atoms with Crippen molar-refractivity contribution in [2.45, 2.75) is 52.9 Å². The van der Waals surface area contributed by atoms with Crippen LogP contribution < -0.4 is 10.2 Å². The van der Waals surface area contributed by atoms with E-state index >= 15 is 0 Å². The van der Waals surface area contributed by atoms with Crippen molar-refractivity contribution < 1.29 is 14.3 Å². The molecule has 9 heteroatoms. The molecule has 0 bridgehead atoms. The average molecular weight is 477 g/mol. The molecule has 1 fully saturated rings. The Bertz CT molecular complexity index is 1170. The predicted molar refractivity (Wildman–Crippen MR) is 134 cm³/mol. The Kier molecular flexibility index (Phi) is 7.74. The van der Waals surface area contributed by atoms with Gasteiger partial charge in [0.05, 0.1) is 17.9 Å². The van der Waals surface area contributed by atoms with E-state index in [2.05, 4.69) is 25.5 Å². The molecule has 0 spiro atoms. The smallest absolute Gasteiger partial charge is 0.338 e. The molecule has 0 radical (unpaired) electrons. The topological polar surface area (TPSA) is 102 Å². The minimum Gasteiger partial charge on any atom is -0.462 e. The maximum Gasteiger partial charge on any atom is 0.338 e. The molecule has 1 aliphatic rings. The first-order valence-corrected chi connectivity index (χ1v) is 12.2. The van der Waals surface area contributed by atoms with E-state index in [0.29, 0.717) is 36.5 Å². The van der Waals surface area contributed by atoms with Gasteiger partial charge in [0, 0.05) is 30.9 Å².